The van der Waals surface area contributed by atoms with E-state index in [0.717, 1.165) is 11.3 Å². The second kappa shape index (κ2) is 4.60. The van der Waals surface area contributed by atoms with Gasteiger partial charge in [-0.25, -0.2) is 4.98 Å². The summed E-state index contributed by atoms with van der Waals surface area (Å²) in [6.45, 7) is 3.86. The van der Waals surface area contributed by atoms with Gasteiger partial charge >= 0.3 is 0 Å². The van der Waals surface area contributed by atoms with E-state index in [1.165, 1.54) is 0 Å². The molecule has 3 nitrogen and oxygen atoms in total. The number of thiazole rings is 1. The fraction of sp³-hybridized carbons (Fsp3) is 0.143. The smallest absolute Gasteiger partial charge is 0.264 e. The summed E-state index contributed by atoms with van der Waals surface area (Å²) in [6.07, 6.45) is 1.58. The zero-order valence-corrected chi connectivity index (χ0v) is 8.84. The lowest BCUT2D eigenvalue weighted by molar-refractivity contribution is 0.0962. The molecule has 1 aromatic rings. The second-order valence-corrected chi connectivity index (χ2v) is 4.02. The second-order valence-electron chi connectivity index (χ2n) is 2.09. The Labute approximate surface area is 89.4 Å². The lowest BCUT2D eigenvalue weighted by Crippen LogP contribution is -2.22. The van der Waals surface area contributed by atoms with Crippen LogP contribution in [0.3, 0.4) is 0 Å². The predicted molar refractivity (Wildman–Crippen MR) is 54.7 cm³/mol. The molecule has 0 saturated heterocycles. The summed E-state index contributed by atoms with van der Waals surface area (Å²) in [5.74, 6) is -0.283. The molecule has 1 rings (SSSR count). The van der Waals surface area contributed by atoms with Crippen LogP contribution in [-0.2, 0) is 0 Å². The lowest BCUT2D eigenvalue weighted by atomic mass is 10.5. The van der Waals surface area contributed by atoms with Crippen LogP contribution in [0.5, 0.6) is 0 Å². The third kappa shape index (κ3) is 2.69. The molecule has 1 amide bonds. The molecule has 0 fully saturated rings. The van der Waals surface area contributed by atoms with Crippen LogP contribution >= 0.6 is 34.5 Å². The van der Waals surface area contributed by atoms with E-state index in [1.54, 1.807) is 6.08 Å². The molecule has 0 aliphatic carbocycles. The van der Waals surface area contributed by atoms with E-state index in [1.807, 2.05) is 0 Å². The summed E-state index contributed by atoms with van der Waals surface area (Å²) >= 11 is 12.3. The van der Waals surface area contributed by atoms with Gasteiger partial charge in [-0.2, -0.15) is 0 Å². The van der Waals surface area contributed by atoms with Crippen LogP contribution in [-0.4, -0.2) is 17.4 Å². The fourth-order valence-electron chi connectivity index (χ4n) is 0.662. The molecule has 1 aromatic heterocycles. The Balaban J connectivity index is 2.76. The van der Waals surface area contributed by atoms with E-state index in [9.17, 15) is 4.79 Å². The molecule has 1 heterocycles. The quantitative estimate of drug-likeness (QED) is 0.820. The monoisotopic (exact) mass is 236 g/mol. The average molecular weight is 237 g/mol. The molecule has 70 valence electrons. The number of hydrogen-bond donors (Lipinski definition) is 1. The zero-order chi connectivity index (χ0) is 9.84. The molecular weight excluding hydrogens is 231 g/mol. The number of nitrogens with one attached hydrogen (secondary N) is 1. The van der Waals surface area contributed by atoms with Crippen LogP contribution in [0.15, 0.2) is 12.7 Å². The van der Waals surface area contributed by atoms with Crippen LogP contribution in [0.4, 0.5) is 0 Å². The van der Waals surface area contributed by atoms with E-state index < -0.39 is 0 Å². The highest BCUT2D eigenvalue weighted by molar-refractivity contribution is 7.18. The topological polar surface area (TPSA) is 42.0 Å². The highest BCUT2D eigenvalue weighted by Crippen LogP contribution is 2.26. The van der Waals surface area contributed by atoms with Gasteiger partial charge < -0.3 is 5.32 Å². The number of aromatic nitrogens is 1. The maximum atomic E-state index is 11.3. The standard InChI is InChI=1S/C7H6Cl2N2OS/c1-2-3-10-6(12)4-5(8)11-7(9)13-4/h2H,1,3H2,(H,10,12). The van der Waals surface area contributed by atoms with Gasteiger partial charge in [0.15, 0.2) is 9.62 Å². The number of carbonyl (C=O) groups is 1. The van der Waals surface area contributed by atoms with Crippen molar-refractivity contribution in [1.82, 2.24) is 10.3 Å². The summed E-state index contributed by atoms with van der Waals surface area (Å²) < 4.78 is 0.258. The molecule has 0 aromatic carbocycles. The number of halogens is 2. The summed E-state index contributed by atoms with van der Waals surface area (Å²) in [5, 5.41) is 2.71. The van der Waals surface area contributed by atoms with Crippen molar-refractivity contribution in [1.29, 1.82) is 0 Å². The molecule has 0 aliphatic rings. The van der Waals surface area contributed by atoms with Crippen LogP contribution in [0, 0.1) is 0 Å². The Morgan fingerprint density at radius 2 is 2.38 bits per heavy atom. The van der Waals surface area contributed by atoms with Gasteiger partial charge in [-0.05, 0) is 0 Å². The first-order valence-electron chi connectivity index (χ1n) is 3.36. The Morgan fingerprint density at radius 3 is 2.85 bits per heavy atom. The molecule has 0 saturated carbocycles. The fourth-order valence-corrected chi connectivity index (χ4v) is 1.96. The van der Waals surface area contributed by atoms with Crippen molar-refractivity contribution < 1.29 is 4.79 Å². The highest BCUT2D eigenvalue weighted by atomic mass is 35.5. The summed E-state index contributed by atoms with van der Waals surface area (Å²) in [7, 11) is 0. The number of amides is 1. The number of nitrogens with zero attached hydrogens (tertiary/aromatic N) is 1. The molecule has 0 bridgehead atoms. The predicted octanol–water partition coefficient (Wildman–Crippen LogP) is 2.37. The molecule has 0 atom stereocenters. The molecule has 0 aliphatic heterocycles. The lowest BCUT2D eigenvalue weighted by Gasteiger charge is -1.97. The Morgan fingerprint density at radius 1 is 1.69 bits per heavy atom. The molecule has 0 unspecified atom stereocenters. The van der Waals surface area contributed by atoms with E-state index in [-0.39, 0.29) is 15.5 Å². The molecule has 0 spiro atoms. The van der Waals surface area contributed by atoms with Gasteiger partial charge in [0, 0.05) is 6.54 Å². The maximum Gasteiger partial charge on any atom is 0.264 e. The Kier molecular flexibility index (Phi) is 3.71. The SMILES string of the molecule is C=CCNC(=O)c1sc(Cl)nc1Cl. The molecular formula is C7H6Cl2N2OS. The summed E-state index contributed by atoms with van der Waals surface area (Å²) in [4.78, 5) is 15.3. The summed E-state index contributed by atoms with van der Waals surface area (Å²) in [5.41, 5.74) is 0. The maximum absolute atomic E-state index is 11.3. The van der Waals surface area contributed by atoms with E-state index in [2.05, 4.69) is 16.9 Å². The molecule has 0 radical (unpaired) electrons. The van der Waals surface area contributed by atoms with Gasteiger partial charge in [0.05, 0.1) is 0 Å². The first-order valence-corrected chi connectivity index (χ1v) is 4.93. The number of hydrogen-bond acceptors (Lipinski definition) is 3. The van der Waals surface area contributed by atoms with Gasteiger partial charge in [0.1, 0.15) is 4.88 Å². The van der Waals surface area contributed by atoms with Crippen LogP contribution in [0.2, 0.25) is 9.62 Å². The van der Waals surface area contributed by atoms with Crippen molar-refractivity contribution in [2.24, 2.45) is 0 Å². The normalized spacial score (nSPS) is 9.69. The van der Waals surface area contributed by atoms with Crippen molar-refractivity contribution in [3.8, 4) is 0 Å². The Bertz CT molecular complexity index is 337. The van der Waals surface area contributed by atoms with Crippen molar-refractivity contribution in [3.63, 3.8) is 0 Å². The molecule has 13 heavy (non-hydrogen) atoms. The zero-order valence-electron chi connectivity index (χ0n) is 6.51. The molecule has 1 N–H and O–H groups in total. The Hall–Kier alpha value is -0.580. The minimum absolute atomic E-state index is 0.136. The minimum atomic E-state index is -0.283. The van der Waals surface area contributed by atoms with Crippen LogP contribution in [0.1, 0.15) is 9.67 Å². The number of carbonyl (C=O) groups excluding carboxylic acids is 1. The van der Waals surface area contributed by atoms with Crippen LogP contribution in [0.25, 0.3) is 0 Å². The highest BCUT2D eigenvalue weighted by Gasteiger charge is 2.14. The van der Waals surface area contributed by atoms with Gasteiger partial charge in [-0.1, -0.05) is 40.6 Å². The van der Waals surface area contributed by atoms with Crippen molar-refractivity contribution >= 4 is 40.4 Å². The van der Waals surface area contributed by atoms with Gasteiger partial charge in [-0.15, -0.1) is 6.58 Å². The van der Waals surface area contributed by atoms with Crippen LogP contribution < -0.4 is 5.32 Å². The average Bonchev–Trinajstić information content (AvgIpc) is 2.41. The first-order chi connectivity index (χ1) is 6.15. The first kappa shape index (κ1) is 10.5. The van der Waals surface area contributed by atoms with Gasteiger partial charge in [-0.3, -0.25) is 4.79 Å². The minimum Gasteiger partial charge on any atom is -0.348 e. The summed E-state index contributed by atoms with van der Waals surface area (Å²) in [6, 6.07) is 0. The number of rotatable bonds is 3. The van der Waals surface area contributed by atoms with Crippen molar-refractivity contribution in [2.75, 3.05) is 6.54 Å². The largest absolute Gasteiger partial charge is 0.348 e. The van der Waals surface area contributed by atoms with Crippen molar-refractivity contribution in [2.45, 2.75) is 0 Å². The van der Waals surface area contributed by atoms with Gasteiger partial charge in [0.2, 0.25) is 0 Å². The van der Waals surface area contributed by atoms with E-state index >= 15 is 0 Å². The van der Waals surface area contributed by atoms with Crippen molar-refractivity contribution in [3.05, 3.63) is 27.2 Å². The van der Waals surface area contributed by atoms with Gasteiger partial charge in [0.25, 0.3) is 5.91 Å². The third-order valence-corrected chi connectivity index (χ3v) is 2.72. The molecule has 6 heteroatoms. The van der Waals surface area contributed by atoms with E-state index in [4.69, 9.17) is 23.2 Å². The van der Waals surface area contributed by atoms with E-state index in [0.29, 0.717) is 11.4 Å². The third-order valence-electron chi connectivity index (χ3n) is 1.17.